The zero-order valence-electron chi connectivity index (χ0n) is 9.32. The SMILES string of the molecule is CC1=Nc2ccsc2-c2c[nH]c3cccc1c23. The van der Waals surface area contributed by atoms with E-state index in [2.05, 4.69) is 47.8 Å². The molecule has 2 aromatic heterocycles. The number of nitrogens with one attached hydrogen (secondary N) is 1. The summed E-state index contributed by atoms with van der Waals surface area (Å²) < 4.78 is 0. The second-order valence-electron chi connectivity index (χ2n) is 4.26. The summed E-state index contributed by atoms with van der Waals surface area (Å²) in [6.07, 6.45) is 2.09. The van der Waals surface area contributed by atoms with Gasteiger partial charge in [0.25, 0.3) is 0 Å². The van der Waals surface area contributed by atoms with E-state index in [0.717, 1.165) is 11.4 Å². The molecule has 0 saturated heterocycles. The molecule has 0 bridgehead atoms. The molecule has 0 saturated carbocycles. The van der Waals surface area contributed by atoms with Gasteiger partial charge in [-0.1, -0.05) is 12.1 Å². The number of aromatic amines is 1. The van der Waals surface area contributed by atoms with E-state index in [1.165, 1.54) is 26.9 Å². The topological polar surface area (TPSA) is 28.1 Å². The predicted molar refractivity (Wildman–Crippen MR) is 73.5 cm³/mol. The van der Waals surface area contributed by atoms with Crippen LogP contribution in [0.25, 0.3) is 21.3 Å². The van der Waals surface area contributed by atoms with Crippen molar-refractivity contribution in [1.82, 2.24) is 4.98 Å². The molecule has 0 unspecified atom stereocenters. The molecule has 1 aromatic carbocycles. The Balaban J connectivity index is 2.28. The Morgan fingerprint density at radius 3 is 3.06 bits per heavy atom. The summed E-state index contributed by atoms with van der Waals surface area (Å²) >= 11 is 1.75. The van der Waals surface area contributed by atoms with Gasteiger partial charge in [-0.25, -0.2) is 0 Å². The van der Waals surface area contributed by atoms with Crippen molar-refractivity contribution in [3.63, 3.8) is 0 Å². The average Bonchev–Trinajstić information content (AvgIpc) is 2.91. The Hall–Kier alpha value is -1.87. The summed E-state index contributed by atoms with van der Waals surface area (Å²) in [6, 6.07) is 8.44. The first kappa shape index (κ1) is 9.19. The Morgan fingerprint density at radius 1 is 1.18 bits per heavy atom. The van der Waals surface area contributed by atoms with E-state index < -0.39 is 0 Å². The van der Waals surface area contributed by atoms with Gasteiger partial charge in [-0.2, -0.15) is 0 Å². The van der Waals surface area contributed by atoms with Crippen LogP contribution in [-0.4, -0.2) is 10.7 Å². The molecule has 4 rings (SSSR count). The zero-order valence-corrected chi connectivity index (χ0v) is 10.1. The Morgan fingerprint density at radius 2 is 2.12 bits per heavy atom. The Bertz CT molecular complexity index is 761. The van der Waals surface area contributed by atoms with Crippen molar-refractivity contribution in [2.45, 2.75) is 6.92 Å². The van der Waals surface area contributed by atoms with Gasteiger partial charge < -0.3 is 4.98 Å². The first-order chi connectivity index (χ1) is 8.34. The van der Waals surface area contributed by atoms with Gasteiger partial charge in [-0.3, -0.25) is 4.99 Å². The van der Waals surface area contributed by atoms with Gasteiger partial charge in [0.1, 0.15) is 0 Å². The summed E-state index contributed by atoms with van der Waals surface area (Å²) in [5.74, 6) is 0. The largest absolute Gasteiger partial charge is 0.360 e. The van der Waals surface area contributed by atoms with E-state index >= 15 is 0 Å². The highest BCUT2D eigenvalue weighted by Gasteiger charge is 2.18. The lowest BCUT2D eigenvalue weighted by molar-refractivity contribution is 1.46. The summed E-state index contributed by atoms with van der Waals surface area (Å²) in [6.45, 7) is 2.08. The molecule has 0 radical (unpaired) electrons. The number of benzene rings is 1. The van der Waals surface area contributed by atoms with Gasteiger partial charge in [0.15, 0.2) is 0 Å². The van der Waals surface area contributed by atoms with Crippen LogP contribution in [0, 0.1) is 0 Å². The molecule has 3 aromatic rings. The van der Waals surface area contributed by atoms with Crippen molar-refractivity contribution in [3.8, 4) is 10.4 Å². The molecule has 82 valence electrons. The van der Waals surface area contributed by atoms with E-state index in [0.29, 0.717) is 0 Å². The highest BCUT2D eigenvalue weighted by atomic mass is 32.1. The first-order valence-electron chi connectivity index (χ1n) is 5.58. The predicted octanol–water partition coefficient (Wildman–Crippen LogP) is 4.35. The molecular weight excluding hydrogens is 228 g/mol. The molecule has 0 spiro atoms. The maximum absolute atomic E-state index is 4.72. The minimum Gasteiger partial charge on any atom is -0.360 e. The van der Waals surface area contributed by atoms with E-state index in [9.17, 15) is 0 Å². The minimum atomic E-state index is 1.09. The fraction of sp³-hybridized carbons (Fsp3) is 0.0714. The van der Waals surface area contributed by atoms with E-state index in [4.69, 9.17) is 4.99 Å². The lowest BCUT2D eigenvalue weighted by atomic mass is 10.0. The average molecular weight is 238 g/mol. The van der Waals surface area contributed by atoms with Crippen molar-refractivity contribution in [2.75, 3.05) is 0 Å². The van der Waals surface area contributed by atoms with Gasteiger partial charge >= 0.3 is 0 Å². The van der Waals surface area contributed by atoms with Crippen LogP contribution in [-0.2, 0) is 0 Å². The highest BCUT2D eigenvalue weighted by molar-refractivity contribution is 7.14. The smallest absolute Gasteiger partial charge is 0.0820 e. The second kappa shape index (κ2) is 3.08. The number of nitrogens with zero attached hydrogens (tertiary/aromatic N) is 1. The molecule has 3 heterocycles. The highest BCUT2D eigenvalue weighted by Crippen LogP contribution is 2.43. The van der Waals surface area contributed by atoms with Crippen LogP contribution in [0.4, 0.5) is 5.69 Å². The Labute approximate surface area is 103 Å². The van der Waals surface area contributed by atoms with Crippen molar-refractivity contribution >= 4 is 33.6 Å². The number of hydrogen-bond acceptors (Lipinski definition) is 2. The third kappa shape index (κ3) is 1.12. The van der Waals surface area contributed by atoms with Gasteiger partial charge in [0.2, 0.25) is 0 Å². The van der Waals surface area contributed by atoms with Crippen LogP contribution in [0.5, 0.6) is 0 Å². The van der Waals surface area contributed by atoms with Crippen LogP contribution < -0.4 is 0 Å². The maximum Gasteiger partial charge on any atom is 0.0820 e. The van der Waals surface area contributed by atoms with Crippen LogP contribution in [0.15, 0.2) is 40.8 Å². The molecule has 3 heteroatoms. The molecule has 0 fully saturated rings. The fourth-order valence-corrected chi connectivity index (χ4v) is 3.35. The number of rotatable bonds is 0. The summed E-state index contributed by atoms with van der Waals surface area (Å²) in [5, 5.41) is 3.41. The molecule has 2 nitrogen and oxygen atoms in total. The van der Waals surface area contributed by atoms with Gasteiger partial charge in [0.05, 0.1) is 10.6 Å². The quantitative estimate of drug-likeness (QED) is 0.603. The zero-order chi connectivity index (χ0) is 11.4. The maximum atomic E-state index is 4.72. The standard InChI is InChI=1S/C14H10N2S/c1-8-9-3-2-4-11-13(9)10(7-15-11)14-12(16-8)5-6-17-14/h2-7,15H,1H3. The third-order valence-corrected chi connectivity index (χ3v) is 4.21. The van der Waals surface area contributed by atoms with E-state index in [1.807, 2.05) is 0 Å². The number of fused-ring (bicyclic) bond motifs is 2. The molecule has 1 aliphatic heterocycles. The van der Waals surface area contributed by atoms with Crippen LogP contribution >= 0.6 is 11.3 Å². The number of H-pyrrole nitrogens is 1. The summed E-state index contributed by atoms with van der Waals surface area (Å²) in [4.78, 5) is 9.34. The molecule has 17 heavy (non-hydrogen) atoms. The molecule has 0 amide bonds. The monoisotopic (exact) mass is 238 g/mol. The van der Waals surface area contributed by atoms with Crippen molar-refractivity contribution in [2.24, 2.45) is 4.99 Å². The molecule has 0 atom stereocenters. The first-order valence-corrected chi connectivity index (χ1v) is 6.46. The Kier molecular flexibility index (Phi) is 1.66. The van der Waals surface area contributed by atoms with E-state index in [1.54, 1.807) is 11.3 Å². The molecular formula is C14H10N2S. The van der Waals surface area contributed by atoms with Crippen LogP contribution in [0.3, 0.4) is 0 Å². The number of aromatic nitrogens is 1. The van der Waals surface area contributed by atoms with Gasteiger partial charge in [-0.15, -0.1) is 11.3 Å². The number of hydrogen-bond donors (Lipinski definition) is 1. The third-order valence-electron chi connectivity index (χ3n) is 3.27. The van der Waals surface area contributed by atoms with Gasteiger partial charge in [-0.05, 0) is 24.4 Å². The van der Waals surface area contributed by atoms with Crippen molar-refractivity contribution in [1.29, 1.82) is 0 Å². The molecule has 1 aliphatic rings. The molecule has 1 N–H and O–H groups in total. The lowest BCUT2D eigenvalue weighted by Gasteiger charge is -2.01. The number of aliphatic imine (C=N–C) groups is 1. The minimum absolute atomic E-state index is 1.09. The summed E-state index contributed by atoms with van der Waals surface area (Å²) in [5.41, 5.74) is 5.88. The van der Waals surface area contributed by atoms with Crippen LogP contribution in [0.2, 0.25) is 0 Å². The van der Waals surface area contributed by atoms with Crippen molar-refractivity contribution < 1.29 is 0 Å². The fourth-order valence-electron chi connectivity index (χ4n) is 2.50. The van der Waals surface area contributed by atoms with E-state index in [-0.39, 0.29) is 0 Å². The normalized spacial score (nSPS) is 13.4. The van der Waals surface area contributed by atoms with Crippen molar-refractivity contribution in [3.05, 3.63) is 41.4 Å². The lowest BCUT2D eigenvalue weighted by Crippen LogP contribution is -1.93. The summed E-state index contributed by atoms with van der Waals surface area (Å²) in [7, 11) is 0. The van der Waals surface area contributed by atoms with Crippen LogP contribution in [0.1, 0.15) is 12.5 Å². The van der Waals surface area contributed by atoms with Gasteiger partial charge in [0, 0.05) is 33.9 Å². The molecule has 0 aliphatic carbocycles. The second-order valence-corrected chi connectivity index (χ2v) is 5.18. The number of thiophene rings is 1.